The van der Waals surface area contributed by atoms with Gasteiger partial charge in [0, 0.05) is 25.9 Å². The summed E-state index contributed by atoms with van der Waals surface area (Å²) in [4.78, 5) is 9.03. The van der Waals surface area contributed by atoms with Gasteiger partial charge in [-0.2, -0.15) is 0 Å². The average Bonchev–Trinajstić information content (AvgIpc) is 1.88. The molecule has 0 radical (unpaired) electrons. The third kappa shape index (κ3) is 7.73. The van der Waals surface area contributed by atoms with Gasteiger partial charge in [-0.3, -0.25) is 4.79 Å². The Balaban J connectivity index is 0. The van der Waals surface area contributed by atoms with Crippen LogP contribution in [0.3, 0.4) is 0 Å². The molecule has 2 N–H and O–H groups in total. The van der Waals surface area contributed by atoms with Gasteiger partial charge in [0.05, 0.1) is 12.5 Å². The van der Waals surface area contributed by atoms with Crippen molar-refractivity contribution in [2.24, 2.45) is 0 Å². The van der Waals surface area contributed by atoms with Crippen LogP contribution in [0.5, 0.6) is 0 Å². The van der Waals surface area contributed by atoms with Gasteiger partial charge in [0.15, 0.2) is 0 Å². The Morgan fingerprint density at radius 1 is 1.45 bits per heavy atom. The minimum absolute atomic E-state index is 0. The van der Waals surface area contributed by atoms with E-state index in [0.29, 0.717) is 12.8 Å². The minimum atomic E-state index is 0. The molecule has 0 bridgehead atoms. The molecule has 0 rings (SSSR count). The number of ketones is 1. The first-order valence-corrected chi connectivity index (χ1v) is 3.65. The molecule has 66 valence electrons. The van der Waals surface area contributed by atoms with Crippen molar-refractivity contribution in [2.45, 2.75) is 33.1 Å². The molecular weight excluding hydrogens is 229 g/mol. The summed E-state index contributed by atoms with van der Waals surface area (Å²) in [6, 6.07) is 0. The Morgan fingerprint density at radius 2 is 2.00 bits per heavy atom. The monoisotopic (exact) mass is 245 g/mol. The molecule has 0 aromatic carbocycles. The molecule has 0 amide bonds. The fourth-order valence-corrected chi connectivity index (χ4v) is 0.623. The molecule has 0 aliphatic carbocycles. The van der Waals surface area contributed by atoms with E-state index >= 15 is 0 Å². The number of hydrogen-bond donors (Lipinski definition) is 1. The van der Waals surface area contributed by atoms with Gasteiger partial charge in [0.1, 0.15) is 5.76 Å². The van der Waals surface area contributed by atoms with Crippen LogP contribution in [0.15, 0.2) is 11.8 Å². The maximum Gasteiger partial charge on any atom is 0.319 e. The van der Waals surface area contributed by atoms with E-state index in [1.165, 1.54) is 6.08 Å². The van der Waals surface area contributed by atoms with Crippen molar-refractivity contribution in [3.63, 3.8) is 0 Å². The van der Waals surface area contributed by atoms with Crippen LogP contribution in [0.2, 0.25) is 0 Å². The largest absolute Gasteiger partial charge is 0.512 e. The van der Waals surface area contributed by atoms with Gasteiger partial charge in [0.2, 0.25) is 0 Å². The molecule has 2 nitrogen and oxygen atoms in total. The summed E-state index contributed by atoms with van der Waals surface area (Å²) < 4.78 is 0. The van der Waals surface area contributed by atoms with Crippen molar-refractivity contribution < 1.29 is 29.4 Å². The van der Waals surface area contributed by atoms with Gasteiger partial charge >= 0.3 is 5.78 Å². The maximum atomic E-state index is 9.03. The fourth-order valence-electron chi connectivity index (χ4n) is 0.623. The molecule has 0 saturated carbocycles. The van der Waals surface area contributed by atoms with Gasteiger partial charge in [0.25, 0.3) is 0 Å². The summed E-state index contributed by atoms with van der Waals surface area (Å²) >= 11 is 0. The predicted octanol–water partition coefficient (Wildman–Crippen LogP) is 2.18. The Labute approximate surface area is 80.4 Å². The minimum Gasteiger partial charge on any atom is -0.512 e. The third-order valence-electron chi connectivity index (χ3n) is 1.20. The molecule has 0 heterocycles. The first kappa shape index (κ1) is 13.4. The number of aliphatic hydroxyl groups is 1. The van der Waals surface area contributed by atoms with Gasteiger partial charge in [-0.15, -0.1) is 0 Å². The van der Waals surface area contributed by atoms with Crippen LogP contribution in [0.1, 0.15) is 33.1 Å². The van der Waals surface area contributed by atoms with Crippen LogP contribution in [0.25, 0.3) is 0 Å². The molecule has 0 aromatic heterocycles. The molecule has 0 unspecified atom stereocenters. The molecular formula is C8H15O2Ru+. The Bertz CT molecular complexity index is 141. The number of hydrogen-bond acceptors (Lipinski definition) is 1. The predicted molar refractivity (Wildman–Crippen MR) is 42.9 cm³/mol. The first-order chi connectivity index (χ1) is 4.70. The summed E-state index contributed by atoms with van der Waals surface area (Å²) in [6.07, 6.45) is 3.54. The number of carbonyl (C=O) groups excluding carboxylic acids is 1. The fraction of sp³-hybridized carbons (Fsp3) is 0.625. The molecule has 0 atom stereocenters. The van der Waals surface area contributed by atoms with E-state index in [1.54, 1.807) is 0 Å². The average molecular weight is 244 g/mol. The van der Waals surface area contributed by atoms with Crippen molar-refractivity contribution in [3.8, 4) is 0 Å². The summed E-state index contributed by atoms with van der Waals surface area (Å²) in [7, 11) is 0. The summed E-state index contributed by atoms with van der Waals surface area (Å²) in [6.45, 7) is 3.82. The third-order valence-corrected chi connectivity index (χ3v) is 1.20. The van der Waals surface area contributed by atoms with E-state index in [9.17, 15) is 0 Å². The number of allylic oxidation sites excluding steroid dienone is 2. The van der Waals surface area contributed by atoms with E-state index in [-0.39, 0.29) is 31.0 Å². The van der Waals surface area contributed by atoms with E-state index < -0.39 is 0 Å². The first-order valence-electron chi connectivity index (χ1n) is 3.65. The van der Waals surface area contributed by atoms with Crippen LogP contribution >= 0.6 is 0 Å². The van der Waals surface area contributed by atoms with E-state index in [4.69, 9.17) is 9.90 Å². The summed E-state index contributed by atoms with van der Waals surface area (Å²) in [5, 5.41) is 8.94. The molecule has 0 fully saturated rings. The van der Waals surface area contributed by atoms with E-state index in [2.05, 4.69) is 0 Å². The van der Waals surface area contributed by atoms with E-state index in [1.807, 2.05) is 13.8 Å². The molecule has 0 aromatic rings. The Hall–Kier alpha value is -0.167. The van der Waals surface area contributed by atoms with Crippen LogP contribution in [-0.4, -0.2) is 15.7 Å². The molecule has 0 spiro atoms. The van der Waals surface area contributed by atoms with Crippen LogP contribution in [0, 0.1) is 0 Å². The Morgan fingerprint density at radius 3 is 2.36 bits per heavy atom. The second kappa shape index (κ2) is 7.94. The molecule has 3 heteroatoms. The smallest absolute Gasteiger partial charge is 0.319 e. The van der Waals surface area contributed by atoms with Gasteiger partial charge in [-0.1, -0.05) is 13.8 Å². The summed E-state index contributed by atoms with van der Waals surface area (Å²) in [5.74, 6) is 0.507. The molecule has 0 aliphatic heterocycles. The van der Waals surface area contributed by atoms with Crippen molar-refractivity contribution in [2.75, 3.05) is 0 Å². The number of rotatable bonds is 4. The van der Waals surface area contributed by atoms with Crippen molar-refractivity contribution in [1.29, 1.82) is 0 Å². The summed E-state index contributed by atoms with van der Waals surface area (Å²) in [5.41, 5.74) is 0. The van der Waals surface area contributed by atoms with Crippen LogP contribution in [-0.2, 0) is 19.5 Å². The second-order valence-electron chi connectivity index (χ2n) is 2.23. The van der Waals surface area contributed by atoms with Crippen LogP contribution < -0.4 is 0 Å². The normalized spacial score (nSPS) is 10.5. The van der Waals surface area contributed by atoms with Gasteiger partial charge < -0.3 is 5.11 Å². The topological polar surface area (TPSA) is 41.6 Å². The van der Waals surface area contributed by atoms with Gasteiger partial charge in [-0.25, -0.2) is 0 Å². The molecule has 11 heavy (non-hydrogen) atoms. The quantitative estimate of drug-likeness (QED) is 0.350. The maximum absolute atomic E-state index is 9.03. The SMILES string of the molecule is CCCC(=[OH+])C=C(O)CC.[Ru]. The number of aliphatic hydroxyl groups excluding tert-OH is 1. The van der Waals surface area contributed by atoms with Crippen molar-refractivity contribution in [1.82, 2.24) is 0 Å². The standard InChI is InChI=1S/C8H14O2.Ru/c1-3-5-8(10)6-7(9)4-2;/h6,9H,3-5H2,1-2H3;/p+1. The van der Waals surface area contributed by atoms with Gasteiger partial charge in [-0.05, 0) is 6.42 Å². The Kier molecular flexibility index (Phi) is 9.68. The second-order valence-corrected chi connectivity index (χ2v) is 2.23. The molecule has 0 saturated heterocycles. The van der Waals surface area contributed by atoms with Crippen molar-refractivity contribution in [3.05, 3.63) is 11.8 Å². The zero-order valence-electron chi connectivity index (χ0n) is 6.95. The van der Waals surface area contributed by atoms with Crippen molar-refractivity contribution >= 4 is 5.78 Å². The zero-order valence-corrected chi connectivity index (χ0v) is 8.68. The van der Waals surface area contributed by atoms with Crippen LogP contribution in [0.4, 0.5) is 0 Å². The molecule has 0 aliphatic rings. The zero-order chi connectivity index (χ0) is 7.98. The van der Waals surface area contributed by atoms with E-state index in [0.717, 1.165) is 6.42 Å².